The summed E-state index contributed by atoms with van der Waals surface area (Å²) in [7, 11) is 0. The van der Waals surface area contributed by atoms with Crippen molar-refractivity contribution >= 4 is 39.2 Å². The van der Waals surface area contributed by atoms with Crippen LogP contribution in [0.25, 0.3) is 10.9 Å². The second-order valence-electron chi connectivity index (χ2n) is 3.93. The zero-order chi connectivity index (χ0) is 13.1. The Morgan fingerprint density at radius 1 is 1.56 bits per heavy atom. The Labute approximate surface area is 118 Å². The highest BCUT2D eigenvalue weighted by Gasteiger charge is 2.04. The number of halogens is 1. The first-order chi connectivity index (χ1) is 8.58. The van der Waals surface area contributed by atoms with E-state index in [1.54, 1.807) is 29.1 Å². The van der Waals surface area contributed by atoms with Gasteiger partial charge in [-0.1, -0.05) is 22.6 Å². The van der Waals surface area contributed by atoms with E-state index in [1.165, 1.54) is 0 Å². The molecule has 0 spiro atoms. The molecule has 18 heavy (non-hydrogen) atoms. The highest BCUT2D eigenvalue weighted by Crippen LogP contribution is 2.10. The van der Waals surface area contributed by atoms with E-state index in [2.05, 4.69) is 27.6 Å². The van der Waals surface area contributed by atoms with E-state index in [-0.39, 0.29) is 9.67 Å². The fourth-order valence-corrected chi connectivity index (χ4v) is 1.90. The zero-order valence-electron chi connectivity index (χ0n) is 9.97. The monoisotopic (exact) mass is 359 g/mol. The van der Waals surface area contributed by atoms with E-state index >= 15 is 0 Å². The number of anilines is 1. The van der Waals surface area contributed by atoms with E-state index in [0.29, 0.717) is 29.7 Å². The lowest BCUT2D eigenvalue weighted by atomic mass is 10.2. The maximum Gasteiger partial charge on any atom is 0.261 e. The van der Waals surface area contributed by atoms with Crippen molar-refractivity contribution in [1.82, 2.24) is 9.55 Å². The number of alkyl halides is 1. The summed E-state index contributed by atoms with van der Waals surface area (Å²) < 4.78 is 7.08. The number of aromatic nitrogens is 2. The molecule has 2 N–H and O–H groups in total. The molecule has 1 unspecified atom stereocenters. The summed E-state index contributed by atoms with van der Waals surface area (Å²) >= 11 is 2.17. The largest absolute Gasteiger partial charge is 0.399 e. The quantitative estimate of drug-likeness (QED) is 0.513. The first kappa shape index (κ1) is 13.3. The molecule has 0 bridgehead atoms. The van der Waals surface area contributed by atoms with E-state index < -0.39 is 0 Å². The van der Waals surface area contributed by atoms with Crippen molar-refractivity contribution in [3.63, 3.8) is 0 Å². The van der Waals surface area contributed by atoms with Gasteiger partial charge in [0.1, 0.15) is 4.11 Å². The summed E-state index contributed by atoms with van der Waals surface area (Å²) in [6, 6.07) is 5.14. The molecule has 0 saturated carbocycles. The third-order valence-corrected chi connectivity index (χ3v) is 2.89. The summed E-state index contributed by atoms with van der Waals surface area (Å²) in [5, 5.41) is 0.542. The smallest absolute Gasteiger partial charge is 0.261 e. The van der Waals surface area contributed by atoms with E-state index in [9.17, 15) is 4.79 Å². The van der Waals surface area contributed by atoms with Gasteiger partial charge in [0.15, 0.2) is 0 Å². The first-order valence-corrected chi connectivity index (χ1v) is 6.83. The van der Waals surface area contributed by atoms with Crippen molar-refractivity contribution in [2.45, 2.75) is 17.6 Å². The Kier molecular flexibility index (Phi) is 4.18. The number of nitrogen functional groups attached to an aromatic ring is 1. The molecular weight excluding hydrogens is 345 g/mol. The van der Waals surface area contributed by atoms with E-state index in [0.717, 1.165) is 0 Å². The second kappa shape index (κ2) is 5.66. The third-order valence-electron chi connectivity index (χ3n) is 2.53. The minimum absolute atomic E-state index is 0.0861. The van der Waals surface area contributed by atoms with Crippen LogP contribution in [0.4, 0.5) is 5.69 Å². The van der Waals surface area contributed by atoms with Gasteiger partial charge in [-0.25, -0.2) is 4.98 Å². The number of nitrogens with zero attached hydrogens (tertiary/aromatic N) is 2. The molecule has 0 aliphatic rings. The molecular formula is C12H14IN3O2. The molecule has 2 rings (SSSR count). The SMILES string of the molecule is CC(I)OCCn1cnc2ccc(N)cc2c1=O. The maximum atomic E-state index is 12.2. The van der Waals surface area contributed by atoms with E-state index in [1.807, 2.05) is 6.92 Å². The normalized spacial score (nSPS) is 12.8. The Bertz CT molecular complexity index is 610. The van der Waals surface area contributed by atoms with Gasteiger partial charge in [-0.05, 0) is 25.1 Å². The van der Waals surface area contributed by atoms with Gasteiger partial charge in [-0.3, -0.25) is 9.36 Å². The highest BCUT2D eigenvalue weighted by molar-refractivity contribution is 14.1. The number of benzene rings is 1. The lowest BCUT2D eigenvalue weighted by molar-refractivity contribution is 0.125. The van der Waals surface area contributed by atoms with Crippen molar-refractivity contribution in [2.24, 2.45) is 0 Å². The van der Waals surface area contributed by atoms with Crippen molar-refractivity contribution in [1.29, 1.82) is 0 Å². The Morgan fingerprint density at radius 3 is 3.06 bits per heavy atom. The Morgan fingerprint density at radius 2 is 2.33 bits per heavy atom. The predicted molar refractivity (Wildman–Crippen MR) is 79.8 cm³/mol. The van der Waals surface area contributed by atoms with Gasteiger partial charge in [-0.2, -0.15) is 0 Å². The molecule has 96 valence electrons. The van der Waals surface area contributed by atoms with Gasteiger partial charge >= 0.3 is 0 Å². The number of hydrogen-bond acceptors (Lipinski definition) is 4. The molecule has 6 heteroatoms. The molecule has 0 amide bonds. The maximum absolute atomic E-state index is 12.2. The van der Waals surface area contributed by atoms with Gasteiger partial charge in [0.05, 0.1) is 30.4 Å². The Balaban J connectivity index is 2.30. The first-order valence-electron chi connectivity index (χ1n) is 5.58. The highest BCUT2D eigenvalue weighted by atomic mass is 127. The molecule has 2 aromatic rings. The molecule has 0 aliphatic heterocycles. The molecule has 0 radical (unpaired) electrons. The average molecular weight is 359 g/mol. The van der Waals surface area contributed by atoms with E-state index in [4.69, 9.17) is 10.5 Å². The lowest BCUT2D eigenvalue weighted by Gasteiger charge is -2.09. The molecule has 0 saturated heterocycles. The summed E-state index contributed by atoms with van der Waals surface area (Å²) in [4.78, 5) is 16.4. The van der Waals surface area contributed by atoms with Crippen molar-refractivity contribution in [3.8, 4) is 0 Å². The van der Waals surface area contributed by atoms with Gasteiger partial charge < -0.3 is 10.5 Å². The van der Waals surface area contributed by atoms with Crippen molar-refractivity contribution < 1.29 is 4.74 Å². The minimum atomic E-state index is -0.0861. The average Bonchev–Trinajstić information content (AvgIpc) is 2.32. The lowest BCUT2D eigenvalue weighted by Crippen LogP contribution is -2.23. The van der Waals surface area contributed by atoms with Gasteiger partial charge in [0.2, 0.25) is 0 Å². The van der Waals surface area contributed by atoms with Crippen LogP contribution < -0.4 is 11.3 Å². The Hall–Kier alpha value is -1.15. The summed E-state index contributed by atoms with van der Waals surface area (Å²) in [5.41, 5.74) is 6.82. The van der Waals surface area contributed by atoms with Gasteiger partial charge in [0, 0.05) is 5.69 Å². The molecule has 1 aromatic carbocycles. The third kappa shape index (κ3) is 2.99. The standard InChI is InChI=1S/C12H14IN3O2/c1-8(13)18-5-4-16-7-15-11-3-2-9(14)6-10(11)12(16)17/h2-3,6-8H,4-5,14H2,1H3. The molecule has 0 fully saturated rings. The fourth-order valence-electron chi connectivity index (χ4n) is 1.65. The molecule has 0 aliphatic carbocycles. The molecule has 1 heterocycles. The minimum Gasteiger partial charge on any atom is -0.399 e. The van der Waals surface area contributed by atoms with Gasteiger partial charge in [-0.15, -0.1) is 0 Å². The van der Waals surface area contributed by atoms with Crippen LogP contribution in [0.2, 0.25) is 0 Å². The van der Waals surface area contributed by atoms with Crippen LogP contribution in [0.15, 0.2) is 29.3 Å². The number of fused-ring (bicyclic) bond motifs is 1. The topological polar surface area (TPSA) is 70.1 Å². The van der Waals surface area contributed by atoms with Crippen LogP contribution in [0, 0.1) is 0 Å². The van der Waals surface area contributed by atoms with Crippen molar-refractivity contribution in [2.75, 3.05) is 12.3 Å². The number of rotatable bonds is 4. The van der Waals surface area contributed by atoms with Crippen LogP contribution in [0.3, 0.4) is 0 Å². The van der Waals surface area contributed by atoms with Crippen LogP contribution in [-0.4, -0.2) is 20.3 Å². The van der Waals surface area contributed by atoms with Crippen LogP contribution in [0.1, 0.15) is 6.92 Å². The van der Waals surface area contributed by atoms with Crippen molar-refractivity contribution in [3.05, 3.63) is 34.9 Å². The van der Waals surface area contributed by atoms with Crippen LogP contribution >= 0.6 is 22.6 Å². The van der Waals surface area contributed by atoms with Crippen LogP contribution in [0.5, 0.6) is 0 Å². The summed E-state index contributed by atoms with van der Waals surface area (Å²) in [6.07, 6.45) is 1.54. The van der Waals surface area contributed by atoms with Gasteiger partial charge in [0.25, 0.3) is 5.56 Å². The number of nitrogens with two attached hydrogens (primary N) is 1. The molecule has 1 atom stereocenters. The molecule has 5 nitrogen and oxygen atoms in total. The number of hydrogen-bond donors (Lipinski definition) is 1. The summed E-state index contributed by atoms with van der Waals surface area (Å²) in [5.74, 6) is 0. The zero-order valence-corrected chi connectivity index (χ0v) is 12.1. The molecule has 1 aromatic heterocycles. The second-order valence-corrected chi connectivity index (χ2v) is 5.69. The predicted octanol–water partition coefficient (Wildman–Crippen LogP) is 1.78. The van der Waals surface area contributed by atoms with Crippen LogP contribution in [-0.2, 0) is 11.3 Å². The number of ether oxygens (including phenoxy) is 1. The fraction of sp³-hybridized carbons (Fsp3) is 0.333. The summed E-state index contributed by atoms with van der Waals surface area (Å²) in [6.45, 7) is 2.92.